The molecule has 0 saturated heterocycles. The van der Waals surface area contributed by atoms with Gasteiger partial charge < -0.3 is 5.32 Å². The summed E-state index contributed by atoms with van der Waals surface area (Å²) in [6, 6.07) is 13.5. The van der Waals surface area contributed by atoms with Crippen molar-refractivity contribution in [1.29, 1.82) is 0 Å². The fourth-order valence-electron chi connectivity index (χ4n) is 2.32. The van der Waals surface area contributed by atoms with Crippen molar-refractivity contribution in [3.05, 3.63) is 63.6 Å². The van der Waals surface area contributed by atoms with Gasteiger partial charge in [-0.05, 0) is 56.5 Å². The van der Waals surface area contributed by atoms with Crippen molar-refractivity contribution in [3.8, 4) is 0 Å². The summed E-state index contributed by atoms with van der Waals surface area (Å²) in [6.45, 7) is 7.74. The van der Waals surface area contributed by atoms with E-state index in [0.29, 0.717) is 0 Å². The van der Waals surface area contributed by atoms with Gasteiger partial charge in [0.05, 0.1) is 5.71 Å². The van der Waals surface area contributed by atoms with Crippen LogP contribution in [0.4, 0.5) is 5.69 Å². The molecule has 126 valence electrons. The minimum absolute atomic E-state index is 0.172. The van der Waals surface area contributed by atoms with E-state index in [9.17, 15) is 4.79 Å². The number of carbonyl (C=O) groups excluding carboxylic acids is 1. The van der Waals surface area contributed by atoms with Gasteiger partial charge in [0.1, 0.15) is 6.04 Å². The molecule has 2 aromatic rings. The normalized spacial score (nSPS) is 12.6. The molecule has 0 fully saturated rings. The van der Waals surface area contributed by atoms with Crippen LogP contribution in [0.25, 0.3) is 0 Å². The smallest absolute Gasteiger partial charge is 0.262 e. The van der Waals surface area contributed by atoms with Crippen LogP contribution in [-0.4, -0.2) is 17.7 Å². The fraction of sp³-hybridized carbons (Fsp3) is 0.263. The minimum Gasteiger partial charge on any atom is -0.373 e. The number of hydrogen-bond acceptors (Lipinski definition) is 3. The summed E-state index contributed by atoms with van der Waals surface area (Å²) in [5.41, 5.74) is 7.58. The van der Waals surface area contributed by atoms with E-state index in [1.54, 1.807) is 0 Å². The van der Waals surface area contributed by atoms with Gasteiger partial charge >= 0.3 is 0 Å². The van der Waals surface area contributed by atoms with Gasteiger partial charge in [-0.3, -0.25) is 4.79 Å². The lowest BCUT2D eigenvalue weighted by atomic mass is 10.1. The first-order valence-electron chi connectivity index (χ1n) is 7.81. The maximum absolute atomic E-state index is 12.3. The van der Waals surface area contributed by atoms with E-state index in [1.165, 1.54) is 0 Å². The number of para-hydroxylation sites is 1. The molecule has 0 aromatic heterocycles. The topological polar surface area (TPSA) is 53.5 Å². The zero-order valence-electron chi connectivity index (χ0n) is 14.4. The highest BCUT2D eigenvalue weighted by Crippen LogP contribution is 2.20. The maximum Gasteiger partial charge on any atom is 0.262 e. The third kappa shape index (κ3) is 4.68. The van der Waals surface area contributed by atoms with E-state index in [0.717, 1.165) is 32.6 Å². The van der Waals surface area contributed by atoms with Crippen molar-refractivity contribution in [2.75, 3.05) is 5.32 Å². The highest BCUT2D eigenvalue weighted by atomic mass is 79.9. The minimum atomic E-state index is -0.383. The Bertz CT molecular complexity index is 733. The first-order chi connectivity index (χ1) is 11.4. The van der Waals surface area contributed by atoms with Crippen LogP contribution in [0.2, 0.25) is 0 Å². The Morgan fingerprint density at radius 1 is 1.08 bits per heavy atom. The summed E-state index contributed by atoms with van der Waals surface area (Å²) in [4.78, 5) is 12.3. The molecule has 0 aliphatic rings. The van der Waals surface area contributed by atoms with Crippen LogP contribution in [0.3, 0.4) is 0 Å². The molecular formula is C19H22BrN3O. The van der Waals surface area contributed by atoms with Crippen molar-refractivity contribution >= 4 is 33.2 Å². The highest BCUT2D eigenvalue weighted by molar-refractivity contribution is 9.10. The molecule has 0 aliphatic heterocycles. The number of benzene rings is 2. The van der Waals surface area contributed by atoms with E-state index in [2.05, 4.69) is 31.8 Å². The van der Waals surface area contributed by atoms with Gasteiger partial charge in [0, 0.05) is 10.2 Å². The van der Waals surface area contributed by atoms with Crippen LogP contribution in [0.5, 0.6) is 0 Å². The lowest BCUT2D eigenvalue weighted by Gasteiger charge is -2.17. The Morgan fingerprint density at radius 3 is 2.25 bits per heavy atom. The van der Waals surface area contributed by atoms with E-state index < -0.39 is 0 Å². The molecule has 2 rings (SSSR count). The monoisotopic (exact) mass is 387 g/mol. The third-order valence-electron chi connectivity index (χ3n) is 3.83. The van der Waals surface area contributed by atoms with Gasteiger partial charge in [0.2, 0.25) is 0 Å². The van der Waals surface area contributed by atoms with Crippen LogP contribution in [0.1, 0.15) is 30.5 Å². The average molecular weight is 388 g/mol. The number of amides is 1. The van der Waals surface area contributed by atoms with E-state index in [4.69, 9.17) is 0 Å². The summed E-state index contributed by atoms with van der Waals surface area (Å²) >= 11 is 3.40. The molecule has 5 heteroatoms. The number of hydrogen-bond donors (Lipinski definition) is 2. The van der Waals surface area contributed by atoms with E-state index in [1.807, 2.05) is 70.2 Å². The highest BCUT2D eigenvalue weighted by Gasteiger charge is 2.14. The number of anilines is 1. The Balaban J connectivity index is 2.01. The molecular weight excluding hydrogens is 366 g/mol. The lowest BCUT2D eigenvalue weighted by Crippen LogP contribution is -2.35. The second-order valence-corrected chi connectivity index (χ2v) is 6.73. The standard InChI is InChI=1S/C19H22BrN3O/c1-12-6-5-7-13(2)18(12)21-15(4)19(24)23-22-14(3)16-8-10-17(20)11-9-16/h5-11,15,21H,1-4H3,(H,23,24)/b22-14-/t15-/m1/s1. The summed E-state index contributed by atoms with van der Waals surface area (Å²) in [5.74, 6) is -0.172. The quantitative estimate of drug-likeness (QED) is 0.589. The van der Waals surface area contributed by atoms with Crippen molar-refractivity contribution < 1.29 is 4.79 Å². The number of aryl methyl sites for hydroxylation is 2. The number of carbonyl (C=O) groups is 1. The Hall–Kier alpha value is -2.14. The fourth-order valence-corrected chi connectivity index (χ4v) is 2.58. The van der Waals surface area contributed by atoms with Crippen LogP contribution < -0.4 is 10.7 Å². The predicted octanol–water partition coefficient (Wildman–Crippen LogP) is 4.41. The molecule has 24 heavy (non-hydrogen) atoms. The number of rotatable bonds is 5. The molecule has 0 heterocycles. The van der Waals surface area contributed by atoms with Gasteiger partial charge in [-0.15, -0.1) is 0 Å². The zero-order valence-corrected chi connectivity index (χ0v) is 15.9. The Kier molecular flexibility index (Phi) is 6.15. The van der Waals surface area contributed by atoms with Crippen molar-refractivity contribution in [2.24, 2.45) is 5.10 Å². The molecule has 4 nitrogen and oxygen atoms in total. The Morgan fingerprint density at radius 2 is 1.67 bits per heavy atom. The molecule has 0 aliphatic carbocycles. The van der Waals surface area contributed by atoms with Crippen molar-refractivity contribution in [1.82, 2.24) is 5.43 Å². The van der Waals surface area contributed by atoms with Gasteiger partial charge in [-0.2, -0.15) is 5.10 Å². The second kappa shape index (κ2) is 8.11. The molecule has 0 radical (unpaired) electrons. The summed E-state index contributed by atoms with van der Waals surface area (Å²) in [5, 5.41) is 7.46. The molecule has 0 bridgehead atoms. The van der Waals surface area contributed by atoms with Crippen LogP contribution in [0, 0.1) is 13.8 Å². The molecule has 1 amide bonds. The predicted molar refractivity (Wildman–Crippen MR) is 103 cm³/mol. The van der Waals surface area contributed by atoms with Gasteiger partial charge in [0.15, 0.2) is 0 Å². The van der Waals surface area contributed by atoms with Crippen LogP contribution in [-0.2, 0) is 4.79 Å². The molecule has 2 N–H and O–H groups in total. The molecule has 1 atom stereocenters. The first kappa shape index (κ1) is 18.2. The number of halogens is 1. The first-order valence-corrected chi connectivity index (χ1v) is 8.60. The number of hydrazone groups is 1. The zero-order chi connectivity index (χ0) is 17.7. The van der Waals surface area contributed by atoms with E-state index in [-0.39, 0.29) is 11.9 Å². The van der Waals surface area contributed by atoms with E-state index >= 15 is 0 Å². The van der Waals surface area contributed by atoms with Crippen LogP contribution >= 0.6 is 15.9 Å². The van der Waals surface area contributed by atoms with Gasteiger partial charge in [0.25, 0.3) is 5.91 Å². The van der Waals surface area contributed by atoms with Crippen LogP contribution in [0.15, 0.2) is 52.0 Å². The van der Waals surface area contributed by atoms with Crippen molar-refractivity contribution in [2.45, 2.75) is 33.7 Å². The van der Waals surface area contributed by atoms with Crippen molar-refractivity contribution in [3.63, 3.8) is 0 Å². The van der Waals surface area contributed by atoms with Gasteiger partial charge in [-0.25, -0.2) is 5.43 Å². The summed E-state index contributed by atoms with van der Waals surface area (Å²) in [7, 11) is 0. The Labute approximate surface area is 151 Å². The van der Waals surface area contributed by atoms with Gasteiger partial charge in [-0.1, -0.05) is 46.3 Å². The summed E-state index contributed by atoms with van der Waals surface area (Å²) in [6.07, 6.45) is 0. The SMILES string of the molecule is C/C(=N/NC(=O)[C@@H](C)Nc1c(C)cccc1C)c1ccc(Br)cc1. The number of nitrogens with one attached hydrogen (secondary N) is 2. The molecule has 0 unspecified atom stereocenters. The second-order valence-electron chi connectivity index (χ2n) is 5.81. The summed E-state index contributed by atoms with van der Waals surface area (Å²) < 4.78 is 1.01. The maximum atomic E-state index is 12.3. The molecule has 2 aromatic carbocycles. The largest absolute Gasteiger partial charge is 0.373 e. The average Bonchev–Trinajstić information content (AvgIpc) is 2.56. The lowest BCUT2D eigenvalue weighted by molar-refractivity contribution is -0.121. The third-order valence-corrected chi connectivity index (χ3v) is 4.36. The molecule has 0 spiro atoms. The molecule has 0 saturated carbocycles. The number of nitrogens with zero attached hydrogens (tertiary/aromatic N) is 1.